The Morgan fingerprint density at radius 3 is 2.57 bits per heavy atom. The monoisotopic (exact) mass is 319 g/mol. The van der Waals surface area contributed by atoms with Crippen LogP contribution in [0.2, 0.25) is 10.0 Å². The summed E-state index contributed by atoms with van der Waals surface area (Å²) in [7, 11) is 0. The SMILES string of the molecule is Nc1nccc(-c2cc(N)c(-c3ccc(Cl)cc3Cl)[nH]2)n1. The van der Waals surface area contributed by atoms with Gasteiger partial charge in [-0.1, -0.05) is 23.2 Å². The molecule has 0 spiro atoms. The number of nitrogens with two attached hydrogens (primary N) is 2. The predicted molar refractivity (Wildman–Crippen MR) is 86.1 cm³/mol. The van der Waals surface area contributed by atoms with E-state index >= 15 is 0 Å². The standard InChI is InChI=1S/C14H11Cl2N5/c15-7-1-2-8(9(16)5-7)13-10(17)6-12(20-13)11-3-4-19-14(18)21-11/h1-6,20H,17H2,(H2,18,19,21). The number of benzene rings is 1. The van der Waals surface area contributed by atoms with Crippen molar-refractivity contribution in [3.8, 4) is 22.6 Å². The highest BCUT2D eigenvalue weighted by atomic mass is 35.5. The van der Waals surface area contributed by atoms with Crippen molar-refractivity contribution >= 4 is 34.8 Å². The minimum absolute atomic E-state index is 0.201. The molecule has 3 rings (SSSR count). The summed E-state index contributed by atoms with van der Waals surface area (Å²) in [4.78, 5) is 11.2. The molecule has 0 aliphatic carbocycles. The van der Waals surface area contributed by atoms with Crippen LogP contribution in [0.3, 0.4) is 0 Å². The first-order chi connectivity index (χ1) is 10.0. The molecule has 0 radical (unpaired) electrons. The van der Waals surface area contributed by atoms with Gasteiger partial charge in [-0.2, -0.15) is 0 Å². The third kappa shape index (κ3) is 2.66. The lowest BCUT2D eigenvalue weighted by Crippen LogP contribution is -1.95. The number of nitrogens with one attached hydrogen (secondary N) is 1. The van der Waals surface area contributed by atoms with E-state index in [0.717, 1.165) is 11.3 Å². The number of nitrogens with zero attached hydrogens (tertiary/aromatic N) is 2. The molecule has 0 fully saturated rings. The molecular formula is C14H11Cl2N5. The molecule has 0 atom stereocenters. The average Bonchev–Trinajstić information content (AvgIpc) is 2.81. The second kappa shape index (κ2) is 5.27. The molecule has 7 heteroatoms. The van der Waals surface area contributed by atoms with Gasteiger partial charge in [0, 0.05) is 16.8 Å². The van der Waals surface area contributed by atoms with Crippen LogP contribution in [0.1, 0.15) is 0 Å². The number of hydrogen-bond donors (Lipinski definition) is 3. The molecule has 0 aliphatic heterocycles. The zero-order chi connectivity index (χ0) is 15.0. The van der Waals surface area contributed by atoms with E-state index in [2.05, 4.69) is 15.0 Å². The van der Waals surface area contributed by atoms with Gasteiger partial charge in [-0.25, -0.2) is 9.97 Å². The highest BCUT2D eigenvalue weighted by Gasteiger charge is 2.13. The first kappa shape index (κ1) is 13.7. The number of rotatable bonds is 2. The van der Waals surface area contributed by atoms with Gasteiger partial charge in [-0.05, 0) is 30.3 Å². The van der Waals surface area contributed by atoms with E-state index in [1.54, 1.807) is 30.5 Å². The lowest BCUT2D eigenvalue weighted by molar-refractivity contribution is 1.18. The van der Waals surface area contributed by atoms with Crippen LogP contribution >= 0.6 is 23.2 Å². The number of anilines is 2. The summed E-state index contributed by atoms with van der Waals surface area (Å²) in [5.41, 5.74) is 15.1. The number of H-pyrrole nitrogens is 1. The summed E-state index contributed by atoms with van der Waals surface area (Å²) < 4.78 is 0. The van der Waals surface area contributed by atoms with E-state index < -0.39 is 0 Å². The van der Waals surface area contributed by atoms with Crippen molar-refractivity contribution in [3.05, 3.63) is 46.6 Å². The van der Waals surface area contributed by atoms with Crippen LogP contribution in [0.4, 0.5) is 11.6 Å². The Balaban J connectivity index is 2.10. The van der Waals surface area contributed by atoms with Crippen LogP contribution in [0.25, 0.3) is 22.6 Å². The lowest BCUT2D eigenvalue weighted by Gasteiger charge is -2.04. The normalized spacial score (nSPS) is 10.8. The zero-order valence-electron chi connectivity index (χ0n) is 10.8. The molecule has 1 aromatic carbocycles. The molecular weight excluding hydrogens is 309 g/mol. The highest BCUT2D eigenvalue weighted by molar-refractivity contribution is 6.36. The summed E-state index contributed by atoms with van der Waals surface area (Å²) in [6.45, 7) is 0. The maximum absolute atomic E-state index is 6.21. The van der Waals surface area contributed by atoms with Crippen molar-refractivity contribution in [2.45, 2.75) is 0 Å². The Labute approximate surface area is 130 Å². The first-order valence-electron chi connectivity index (χ1n) is 6.07. The number of aromatic nitrogens is 3. The van der Waals surface area contributed by atoms with Gasteiger partial charge < -0.3 is 16.5 Å². The maximum Gasteiger partial charge on any atom is 0.220 e. The second-order valence-electron chi connectivity index (χ2n) is 4.44. The lowest BCUT2D eigenvalue weighted by atomic mass is 10.1. The molecule has 5 N–H and O–H groups in total. The molecule has 0 amide bonds. The van der Waals surface area contributed by atoms with E-state index in [1.165, 1.54) is 0 Å². The smallest absolute Gasteiger partial charge is 0.220 e. The highest BCUT2D eigenvalue weighted by Crippen LogP contribution is 2.35. The average molecular weight is 320 g/mol. The molecule has 0 unspecified atom stereocenters. The Morgan fingerprint density at radius 2 is 1.86 bits per heavy atom. The first-order valence-corrected chi connectivity index (χ1v) is 6.83. The summed E-state index contributed by atoms with van der Waals surface area (Å²) in [5.74, 6) is 0.201. The Bertz CT molecular complexity index is 813. The van der Waals surface area contributed by atoms with Gasteiger partial charge in [0.2, 0.25) is 5.95 Å². The van der Waals surface area contributed by atoms with Crippen LogP contribution in [0.5, 0.6) is 0 Å². The van der Waals surface area contributed by atoms with E-state index in [9.17, 15) is 0 Å². The number of halogens is 2. The molecule has 106 valence electrons. The van der Waals surface area contributed by atoms with Gasteiger partial charge in [0.25, 0.3) is 0 Å². The topological polar surface area (TPSA) is 93.6 Å². The van der Waals surface area contributed by atoms with Crippen LogP contribution in [0.15, 0.2) is 36.5 Å². The number of aromatic amines is 1. The van der Waals surface area contributed by atoms with E-state index in [-0.39, 0.29) is 5.95 Å². The second-order valence-corrected chi connectivity index (χ2v) is 5.28. The summed E-state index contributed by atoms with van der Waals surface area (Å²) >= 11 is 12.1. The third-order valence-electron chi connectivity index (χ3n) is 3.00. The van der Waals surface area contributed by atoms with Gasteiger partial charge in [-0.15, -0.1) is 0 Å². The van der Waals surface area contributed by atoms with Crippen molar-refractivity contribution in [1.82, 2.24) is 15.0 Å². The molecule has 3 aromatic rings. The Morgan fingerprint density at radius 1 is 1.05 bits per heavy atom. The number of hydrogen-bond acceptors (Lipinski definition) is 4. The maximum atomic E-state index is 6.21. The fourth-order valence-corrected chi connectivity index (χ4v) is 2.55. The van der Waals surface area contributed by atoms with Crippen molar-refractivity contribution in [2.75, 3.05) is 11.5 Å². The molecule has 5 nitrogen and oxygen atoms in total. The van der Waals surface area contributed by atoms with E-state index in [4.69, 9.17) is 34.7 Å². The molecule has 2 aromatic heterocycles. The fraction of sp³-hybridized carbons (Fsp3) is 0. The van der Waals surface area contributed by atoms with Crippen LogP contribution in [-0.2, 0) is 0 Å². The molecule has 0 saturated carbocycles. The quantitative estimate of drug-likeness (QED) is 0.672. The molecule has 2 heterocycles. The van der Waals surface area contributed by atoms with Gasteiger partial charge >= 0.3 is 0 Å². The Kier molecular flexibility index (Phi) is 3.45. The molecule has 0 saturated heterocycles. The van der Waals surface area contributed by atoms with Gasteiger partial charge in [0.1, 0.15) is 0 Å². The fourth-order valence-electron chi connectivity index (χ4n) is 2.05. The molecule has 0 bridgehead atoms. The van der Waals surface area contributed by atoms with Crippen molar-refractivity contribution in [2.24, 2.45) is 0 Å². The zero-order valence-corrected chi connectivity index (χ0v) is 12.3. The molecule has 0 aliphatic rings. The predicted octanol–water partition coefficient (Wildman–Crippen LogP) is 3.61. The minimum Gasteiger partial charge on any atom is -0.397 e. The third-order valence-corrected chi connectivity index (χ3v) is 3.55. The Hall–Kier alpha value is -2.24. The van der Waals surface area contributed by atoms with Crippen molar-refractivity contribution in [3.63, 3.8) is 0 Å². The minimum atomic E-state index is 0.201. The van der Waals surface area contributed by atoms with Gasteiger partial charge in [0.15, 0.2) is 0 Å². The van der Waals surface area contributed by atoms with Crippen molar-refractivity contribution < 1.29 is 0 Å². The van der Waals surface area contributed by atoms with Gasteiger partial charge in [0.05, 0.1) is 27.8 Å². The van der Waals surface area contributed by atoms with Crippen LogP contribution in [-0.4, -0.2) is 15.0 Å². The largest absolute Gasteiger partial charge is 0.397 e. The van der Waals surface area contributed by atoms with Gasteiger partial charge in [-0.3, -0.25) is 0 Å². The molecule has 21 heavy (non-hydrogen) atoms. The van der Waals surface area contributed by atoms with Crippen LogP contribution in [0, 0.1) is 0 Å². The summed E-state index contributed by atoms with van der Waals surface area (Å²) in [5, 5.41) is 1.09. The summed E-state index contributed by atoms with van der Waals surface area (Å²) in [6.07, 6.45) is 1.59. The number of nitrogen functional groups attached to an aromatic ring is 2. The van der Waals surface area contributed by atoms with E-state index in [1.807, 2.05) is 6.07 Å². The van der Waals surface area contributed by atoms with Crippen LogP contribution < -0.4 is 11.5 Å². The van der Waals surface area contributed by atoms with E-state index in [0.29, 0.717) is 27.1 Å². The summed E-state index contributed by atoms with van der Waals surface area (Å²) in [6, 6.07) is 8.76. The van der Waals surface area contributed by atoms with Crippen molar-refractivity contribution in [1.29, 1.82) is 0 Å².